The van der Waals surface area contributed by atoms with Gasteiger partial charge in [-0.15, -0.1) is 0 Å². The molecule has 0 aliphatic heterocycles. The van der Waals surface area contributed by atoms with E-state index in [-0.39, 0.29) is 0 Å². The highest BCUT2D eigenvalue weighted by atomic mass is 16.3. The Bertz CT molecular complexity index is 7330. The number of benzene rings is 16. The van der Waals surface area contributed by atoms with Crippen LogP contribution in [0.15, 0.2) is 397 Å². The number of fused-ring (bicyclic) bond motifs is 14. The fourth-order valence-electron chi connectivity index (χ4n) is 16.0. The van der Waals surface area contributed by atoms with E-state index < -0.39 is 0 Å². The summed E-state index contributed by atoms with van der Waals surface area (Å²) in [6, 6.07) is 135. The molecule has 112 heavy (non-hydrogen) atoms. The van der Waals surface area contributed by atoms with Gasteiger partial charge in [0.2, 0.25) is 11.9 Å². The molecule has 0 N–H and O–H groups in total. The summed E-state index contributed by atoms with van der Waals surface area (Å²) in [7, 11) is 0. The first-order valence-corrected chi connectivity index (χ1v) is 37.5. The fraction of sp³-hybridized carbons (Fsp3) is 0. The Labute approximate surface area is 643 Å². The molecule has 524 valence electrons. The Morgan fingerprint density at radius 3 is 0.973 bits per heavy atom. The zero-order chi connectivity index (χ0) is 74.0. The number of hydrogen-bond donors (Lipinski definition) is 0. The summed E-state index contributed by atoms with van der Waals surface area (Å²) in [5, 5.41) is 8.54. The van der Waals surface area contributed by atoms with Gasteiger partial charge in [0.05, 0.1) is 11.0 Å². The lowest BCUT2D eigenvalue weighted by molar-refractivity contribution is 0.670. The van der Waals surface area contributed by atoms with E-state index in [1.807, 2.05) is 54.6 Å². The average Bonchev–Trinajstić information content (AvgIpc) is 1.56. The Kier molecular flexibility index (Phi) is 16.0. The molecule has 0 atom stereocenters. The van der Waals surface area contributed by atoms with E-state index >= 15 is 0 Å². The molecule has 0 bridgehead atoms. The van der Waals surface area contributed by atoms with Crippen molar-refractivity contribution in [2.45, 2.75) is 0 Å². The smallest absolute Gasteiger partial charge is 0.238 e. The van der Waals surface area contributed by atoms with Gasteiger partial charge in [-0.3, -0.25) is 9.13 Å². The Morgan fingerprint density at radius 1 is 0.188 bits per heavy atom. The van der Waals surface area contributed by atoms with Crippen molar-refractivity contribution in [3.8, 4) is 124 Å². The first-order chi connectivity index (χ1) is 55.5. The van der Waals surface area contributed by atoms with Gasteiger partial charge in [-0.25, -0.2) is 9.97 Å². The average molecular weight is 1430 g/mol. The number of nitrogens with zero attached hydrogens (tertiary/aromatic N) is 8. The van der Waals surface area contributed by atoms with E-state index in [0.717, 1.165) is 177 Å². The predicted molar refractivity (Wildman–Crippen MR) is 457 cm³/mol. The van der Waals surface area contributed by atoms with Crippen molar-refractivity contribution >= 4 is 87.5 Å². The summed E-state index contributed by atoms with van der Waals surface area (Å²) in [5.74, 6) is 3.37. The van der Waals surface area contributed by atoms with E-state index in [9.17, 15) is 0 Å². The van der Waals surface area contributed by atoms with Gasteiger partial charge in [-0.2, -0.15) is 19.9 Å². The highest BCUT2D eigenvalue weighted by molar-refractivity contribution is 6.25. The lowest BCUT2D eigenvalue weighted by Crippen LogP contribution is -2.06. The zero-order valence-electron chi connectivity index (χ0n) is 60.3. The second-order valence-corrected chi connectivity index (χ2v) is 28.1. The van der Waals surface area contributed by atoms with Crippen molar-refractivity contribution in [3.63, 3.8) is 0 Å². The van der Waals surface area contributed by atoms with Gasteiger partial charge in [-0.1, -0.05) is 334 Å². The predicted octanol–water partition coefficient (Wildman–Crippen LogP) is 26.4. The van der Waals surface area contributed by atoms with E-state index in [1.54, 1.807) is 0 Å². The topological polar surface area (TPSA) is 113 Å². The molecule has 6 aromatic heterocycles. The summed E-state index contributed by atoms with van der Waals surface area (Å²) in [5.41, 5.74) is 24.2. The van der Waals surface area contributed by atoms with Gasteiger partial charge in [0, 0.05) is 65.3 Å². The first kappa shape index (κ1) is 65.1. The molecule has 22 aromatic rings. The van der Waals surface area contributed by atoms with Crippen molar-refractivity contribution in [3.05, 3.63) is 388 Å². The summed E-state index contributed by atoms with van der Waals surface area (Å²) < 4.78 is 17.8. The standard InChI is InChI=1S/2C51H32N4O/c1-4-14-33(15-5-1)35-26-28-37(29-27-35)49-52-50(39-21-12-20-38(32-39)34-16-6-2-7-17-34)54-51(53-49)55-44-24-13-23-40(36-18-8-3-9-19-36)46(44)43-31-30-42-41-22-10-11-25-45(41)56-48(42)47(43)55;1-4-13-33(14-5-1)36-23-25-37(26-24-36)49-52-50(40-20-12-19-38(31-40)34-15-6-2-7-16-34)54-51(53-49)55-45-30-27-39(35-17-8-3-9-18-35)32-44(45)42-28-29-43-41-21-10-11-22-46(41)56-48(43)47(42)55/h2*1-32H. The zero-order valence-corrected chi connectivity index (χ0v) is 60.3. The van der Waals surface area contributed by atoms with Crippen LogP contribution in [0.4, 0.5) is 0 Å². The van der Waals surface area contributed by atoms with E-state index in [1.165, 1.54) is 0 Å². The maximum atomic E-state index is 6.76. The van der Waals surface area contributed by atoms with Crippen LogP contribution in [0.1, 0.15) is 0 Å². The molecule has 10 nitrogen and oxygen atoms in total. The molecule has 0 spiro atoms. The highest BCUT2D eigenvalue weighted by Gasteiger charge is 2.27. The summed E-state index contributed by atoms with van der Waals surface area (Å²) in [6.45, 7) is 0. The van der Waals surface area contributed by atoms with Crippen molar-refractivity contribution < 1.29 is 8.83 Å². The van der Waals surface area contributed by atoms with Crippen LogP contribution in [-0.4, -0.2) is 39.0 Å². The second kappa shape index (κ2) is 27.5. The maximum Gasteiger partial charge on any atom is 0.238 e. The number of rotatable bonds is 12. The Morgan fingerprint density at radius 2 is 0.509 bits per heavy atom. The minimum absolute atomic E-state index is 0.514. The molecule has 10 heteroatoms. The van der Waals surface area contributed by atoms with Gasteiger partial charge in [0.15, 0.2) is 34.5 Å². The SMILES string of the molecule is c1ccc(-c2ccc(-c3nc(-c4cccc(-c5ccccc5)c4)nc(-n4c5ccc(-c6ccccc6)cc5c5ccc6c7ccccc7oc6c54)n3)cc2)cc1.c1ccc(-c2ccc(-c3nc(-c4cccc(-c5ccccc5)c4)nc(-n4c5cccc(-c6ccccc6)c5c5ccc6c7ccccc7oc6c54)n3)cc2)cc1. The summed E-state index contributed by atoms with van der Waals surface area (Å²) in [6.07, 6.45) is 0. The van der Waals surface area contributed by atoms with E-state index in [2.05, 4.69) is 343 Å². The molecular formula is C102H64N8O2. The summed E-state index contributed by atoms with van der Waals surface area (Å²) >= 11 is 0. The third-order valence-electron chi connectivity index (χ3n) is 21.4. The van der Waals surface area contributed by atoms with Crippen LogP contribution >= 0.6 is 0 Å². The van der Waals surface area contributed by atoms with Crippen LogP contribution in [0, 0.1) is 0 Å². The monoisotopic (exact) mass is 1430 g/mol. The van der Waals surface area contributed by atoms with E-state index in [0.29, 0.717) is 35.2 Å². The number of furan rings is 2. The van der Waals surface area contributed by atoms with Gasteiger partial charge in [-0.05, 0) is 121 Å². The minimum atomic E-state index is 0.514. The van der Waals surface area contributed by atoms with Crippen LogP contribution in [-0.2, 0) is 0 Å². The molecule has 0 radical (unpaired) electrons. The van der Waals surface area contributed by atoms with Crippen LogP contribution in [0.5, 0.6) is 0 Å². The molecule has 16 aromatic carbocycles. The largest absolute Gasteiger partial charge is 0.454 e. The van der Waals surface area contributed by atoms with Gasteiger partial charge < -0.3 is 8.83 Å². The normalized spacial score (nSPS) is 11.6. The molecule has 6 heterocycles. The molecule has 0 unspecified atom stereocenters. The van der Waals surface area contributed by atoms with Gasteiger partial charge in [0.1, 0.15) is 22.2 Å². The van der Waals surface area contributed by atoms with Crippen LogP contribution in [0.25, 0.3) is 212 Å². The quantitative estimate of drug-likeness (QED) is 0.119. The molecule has 0 saturated heterocycles. The third kappa shape index (κ3) is 11.6. The number of para-hydroxylation sites is 2. The first-order valence-electron chi connectivity index (χ1n) is 37.5. The van der Waals surface area contributed by atoms with Crippen LogP contribution in [0.3, 0.4) is 0 Å². The van der Waals surface area contributed by atoms with Crippen molar-refractivity contribution in [2.24, 2.45) is 0 Å². The molecule has 0 fully saturated rings. The molecule has 0 aliphatic rings. The maximum absolute atomic E-state index is 6.76. The fourth-order valence-corrected chi connectivity index (χ4v) is 16.0. The summed E-state index contributed by atoms with van der Waals surface area (Å²) in [4.78, 5) is 31.6. The Hall–Kier alpha value is -15.3. The molecule has 22 rings (SSSR count). The highest BCUT2D eigenvalue weighted by Crippen LogP contribution is 2.46. The van der Waals surface area contributed by atoms with Crippen molar-refractivity contribution in [1.29, 1.82) is 0 Å². The third-order valence-corrected chi connectivity index (χ3v) is 21.4. The molecule has 0 saturated carbocycles. The molecule has 0 amide bonds. The Balaban J connectivity index is 0.000000141. The molecular weight excluding hydrogens is 1370 g/mol. The lowest BCUT2D eigenvalue weighted by Gasteiger charge is -2.12. The molecule has 0 aliphatic carbocycles. The van der Waals surface area contributed by atoms with Gasteiger partial charge in [0.25, 0.3) is 0 Å². The second-order valence-electron chi connectivity index (χ2n) is 28.1. The number of aromatic nitrogens is 8. The van der Waals surface area contributed by atoms with Crippen LogP contribution in [0.2, 0.25) is 0 Å². The van der Waals surface area contributed by atoms with Crippen molar-refractivity contribution in [1.82, 2.24) is 39.0 Å². The van der Waals surface area contributed by atoms with Crippen molar-refractivity contribution in [2.75, 3.05) is 0 Å². The number of hydrogen-bond acceptors (Lipinski definition) is 8. The van der Waals surface area contributed by atoms with Crippen LogP contribution < -0.4 is 0 Å². The van der Waals surface area contributed by atoms with Gasteiger partial charge >= 0.3 is 0 Å². The van der Waals surface area contributed by atoms with E-state index in [4.69, 9.17) is 38.7 Å². The minimum Gasteiger partial charge on any atom is -0.454 e. The lowest BCUT2D eigenvalue weighted by atomic mass is 9.99.